The van der Waals surface area contributed by atoms with Crippen LogP contribution in [-0.4, -0.2) is 19.3 Å². The summed E-state index contributed by atoms with van der Waals surface area (Å²) < 4.78 is 17.1. The number of aliphatic hydroxyl groups excluding tert-OH is 1. The van der Waals surface area contributed by atoms with E-state index in [1.807, 2.05) is 36.4 Å². The molecule has 2 aromatic carbocycles. The average Bonchev–Trinajstić information content (AvgIpc) is 2.53. The molecule has 1 N–H and O–H groups in total. The van der Waals surface area contributed by atoms with Crippen LogP contribution < -0.4 is 14.2 Å². The average molecular weight is 353 g/mol. The van der Waals surface area contributed by atoms with Crippen molar-refractivity contribution in [3.63, 3.8) is 0 Å². The lowest BCUT2D eigenvalue weighted by atomic mass is 10.2. The first kappa shape index (κ1) is 15.7. The fourth-order valence-corrected chi connectivity index (χ4v) is 2.49. The van der Waals surface area contributed by atoms with E-state index in [1.165, 1.54) is 0 Å². The van der Waals surface area contributed by atoms with Gasteiger partial charge in [0.2, 0.25) is 0 Å². The van der Waals surface area contributed by atoms with Crippen molar-refractivity contribution < 1.29 is 19.3 Å². The summed E-state index contributed by atoms with van der Waals surface area (Å²) in [7, 11) is 3.20. The van der Waals surface area contributed by atoms with Crippen molar-refractivity contribution in [1.29, 1.82) is 0 Å². The Kier molecular flexibility index (Phi) is 5.47. The molecule has 0 saturated heterocycles. The molecule has 0 spiro atoms. The molecule has 0 aliphatic rings. The standard InChI is InChI=1S/C16H17BrO4/c1-19-14-7-6-11(8-15(14)20-2)10-21-16-12(9-18)4-3-5-13(16)17/h3-8,18H,9-10H2,1-2H3. The normalized spacial score (nSPS) is 10.3. The molecule has 0 fully saturated rings. The highest BCUT2D eigenvalue weighted by molar-refractivity contribution is 9.10. The Morgan fingerprint density at radius 2 is 1.81 bits per heavy atom. The second-order valence-electron chi connectivity index (χ2n) is 4.36. The lowest BCUT2D eigenvalue weighted by Crippen LogP contribution is -2.00. The summed E-state index contributed by atoms with van der Waals surface area (Å²) in [6.07, 6.45) is 0. The van der Waals surface area contributed by atoms with Crippen LogP contribution in [0.2, 0.25) is 0 Å². The van der Waals surface area contributed by atoms with E-state index >= 15 is 0 Å². The molecule has 0 bridgehead atoms. The maximum absolute atomic E-state index is 9.35. The van der Waals surface area contributed by atoms with E-state index in [2.05, 4.69) is 15.9 Å². The zero-order chi connectivity index (χ0) is 15.2. The Morgan fingerprint density at radius 1 is 1.05 bits per heavy atom. The third-order valence-electron chi connectivity index (χ3n) is 3.05. The molecule has 0 atom stereocenters. The minimum atomic E-state index is -0.0687. The number of hydrogen-bond donors (Lipinski definition) is 1. The SMILES string of the molecule is COc1ccc(COc2c(Br)cccc2CO)cc1OC. The van der Waals surface area contributed by atoms with Gasteiger partial charge in [0, 0.05) is 5.56 Å². The monoisotopic (exact) mass is 352 g/mol. The van der Waals surface area contributed by atoms with Crippen LogP contribution in [0.1, 0.15) is 11.1 Å². The number of methoxy groups -OCH3 is 2. The van der Waals surface area contributed by atoms with Crippen molar-refractivity contribution in [1.82, 2.24) is 0 Å². The van der Waals surface area contributed by atoms with Gasteiger partial charge in [-0.15, -0.1) is 0 Å². The Labute approximate surface area is 132 Å². The summed E-state index contributed by atoms with van der Waals surface area (Å²) in [6, 6.07) is 11.2. The van der Waals surface area contributed by atoms with Gasteiger partial charge in [0.15, 0.2) is 11.5 Å². The van der Waals surface area contributed by atoms with Crippen LogP contribution in [0.25, 0.3) is 0 Å². The molecule has 112 valence electrons. The third kappa shape index (κ3) is 3.68. The summed E-state index contributed by atoms with van der Waals surface area (Å²) in [5.41, 5.74) is 1.69. The lowest BCUT2D eigenvalue weighted by Gasteiger charge is -2.13. The largest absolute Gasteiger partial charge is 0.493 e. The maximum Gasteiger partial charge on any atom is 0.161 e. The van der Waals surface area contributed by atoms with Crippen LogP contribution in [0.5, 0.6) is 17.2 Å². The first-order valence-corrected chi connectivity index (χ1v) is 7.20. The summed E-state index contributed by atoms with van der Waals surface area (Å²) in [5.74, 6) is 1.99. The molecule has 2 aromatic rings. The molecule has 0 aromatic heterocycles. The van der Waals surface area contributed by atoms with Crippen molar-refractivity contribution in [2.45, 2.75) is 13.2 Å². The second-order valence-corrected chi connectivity index (χ2v) is 5.22. The van der Waals surface area contributed by atoms with Gasteiger partial charge in [-0.05, 0) is 39.7 Å². The summed E-state index contributed by atoms with van der Waals surface area (Å²) in [4.78, 5) is 0. The fourth-order valence-electron chi connectivity index (χ4n) is 1.97. The van der Waals surface area contributed by atoms with Gasteiger partial charge in [-0.3, -0.25) is 0 Å². The van der Waals surface area contributed by atoms with Crippen LogP contribution in [0.15, 0.2) is 40.9 Å². The lowest BCUT2D eigenvalue weighted by molar-refractivity contribution is 0.257. The third-order valence-corrected chi connectivity index (χ3v) is 3.67. The van der Waals surface area contributed by atoms with Crippen molar-refractivity contribution in [3.05, 3.63) is 52.0 Å². The predicted octanol–water partition coefficient (Wildman–Crippen LogP) is 3.54. The minimum Gasteiger partial charge on any atom is -0.493 e. The fraction of sp³-hybridized carbons (Fsp3) is 0.250. The van der Waals surface area contributed by atoms with Gasteiger partial charge in [0.1, 0.15) is 12.4 Å². The molecule has 21 heavy (non-hydrogen) atoms. The molecule has 0 radical (unpaired) electrons. The summed E-state index contributed by atoms with van der Waals surface area (Å²) >= 11 is 3.43. The topological polar surface area (TPSA) is 47.9 Å². The molecule has 0 unspecified atom stereocenters. The van der Waals surface area contributed by atoms with E-state index in [0.717, 1.165) is 15.6 Å². The van der Waals surface area contributed by atoms with Gasteiger partial charge < -0.3 is 19.3 Å². The number of halogens is 1. The van der Waals surface area contributed by atoms with Gasteiger partial charge in [-0.25, -0.2) is 0 Å². The second kappa shape index (κ2) is 7.33. The number of benzene rings is 2. The molecule has 2 rings (SSSR count). The minimum absolute atomic E-state index is 0.0687. The summed E-state index contributed by atoms with van der Waals surface area (Å²) in [6.45, 7) is 0.302. The quantitative estimate of drug-likeness (QED) is 0.863. The maximum atomic E-state index is 9.35. The number of ether oxygens (including phenoxy) is 3. The molecule has 0 heterocycles. The Bertz CT molecular complexity index is 613. The number of aliphatic hydroxyl groups is 1. The Morgan fingerprint density at radius 3 is 2.48 bits per heavy atom. The van der Waals surface area contributed by atoms with Crippen molar-refractivity contribution in [2.75, 3.05) is 14.2 Å². The zero-order valence-corrected chi connectivity index (χ0v) is 13.5. The van der Waals surface area contributed by atoms with E-state index in [1.54, 1.807) is 14.2 Å². The highest BCUT2D eigenvalue weighted by atomic mass is 79.9. The first-order chi connectivity index (χ1) is 10.2. The van der Waals surface area contributed by atoms with Crippen molar-refractivity contribution >= 4 is 15.9 Å². The number of para-hydroxylation sites is 1. The first-order valence-electron chi connectivity index (χ1n) is 6.41. The van der Waals surface area contributed by atoms with Gasteiger partial charge in [-0.1, -0.05) is 18.2 Å². The zero-order valence-electron chi connectivity index (χ0n) is 11.9. The Hall–Kier alpha value is -1.72. The van der Waals surface area contributed by atoms with E-state index in [0.29, 0.717) is 23.9 Å². The van der Waals surface area contributed by atoms with E-state index < -0.39 is 0 Å². The number of rotatable bonds is 6. The van der Waals surface area contributed by atoms with E-state index in [4.69, 9.17) is 14.2 Å². The highest BCUT2D eigenvalue weighted by Crippen LogP contribution is 2.31. The molecular weight excluding hydrogens is 336 g/mol. The van der Waals surface area contributed by atoms with Crippen LogP contribution in [-0.2, 0) is 13.2 Å². The molecule has 0 saturated carbocycles. The molecule has 4 nitrogen and oxygen atoms in total. The highest BCUT2D eigenvalue weighted by Gasteiger charge is 2.09. The molecule has 5 heteroatoms. The Balaban J connectivity index is 2.17. The molecule has 0 aliphatic carbocycles. The van der Waals surface area contributed by atoms with Crippen LogP contribution in [0.3, 0.4) is 0 Å². The van der Waals surface area contributed by atoms with Gasteiger partial charge in [0.05, 0.1) is 25.3 Å². The predicted molar refractivity (Wildman–Crippen MR) is 83.9 cm³/mol. The van der Waals surface area contributed by atoms with Gasteiger partial charge in [0.25, 0.3) is 0 Å². The smallest absolute Gasteiger partial charge is 0.161 e. The van der Waals surface area contributed by atoms with Gasteiger partial charge in [-0.2, -0.15) is 0 Å². The van der Waals surface area contributed by atoms with Gasteiger partial charge >= 0.3 is 0 Å². The van der Waals surface area contributed by atoms with Crippen LogP contribution in [0, 0.1) is 0 Å². The van der Waals surface area contributed by atoms with Crippen molar-refractivity contribution in [2.24, 2.45) is 0 Å². The van der Waals surface area contributed by atoms with E-state index in [9.17, 15) is 5.11 Å². The van der Waals surface area contributed by atoms with Crippen molar-refractivity contribution in [3.8, 4) is 17.2 Å². The van der Waals surface area contributed by atoms with E-state index in [-0.39, 0.29) is 6.61 Å². The number of hydrogen-bond acceptors (Lipinski definition) is 4. The van der Waals surface area contributed by atoms with Crippen LogP contribution >= 0.6 is 15.9 Å². The summed E-state index contributed by atoms with van der Waals surface area (Å²) in [5, 5.41) is 9.35. The molecular formula is C16H17BrO4. The van der Waals surface area contributed by atoms with Crippen LogP contribution in [0.4, 0.5) is 0 Å². The molecule has 0 aliphatic heterocycles. The molecule has 0 amide bonds.